The fraction of sp³-hybridized carbons (Fsp3) is 0.111. The number of hydrogen-bond donors (Lipinski definition) is 2. The van der Waals surface area contributed by atoms with Crippen molar-refractivity contribution in [2.24, 2.45) is 0 Å². The minimum absolute atomic E-state index is 0.886. The molecular weight excluding hydrogens is 136 g/mol. The molecule has 1 aliphatic carbocycles. The van der Waals surface area contributed by atoms with Crippen molar-refractivity contribution in [1.82, 2.24) is 10.9 Å². The quantitative estimate of drug-likeness (QED) is 0.533. The van der Waals surface area contributed by atoms with Crippen LogP contribution >= 0.6 is 0 Å². The van der Waals surface area contributed by atoms with E-state index in [1.165, 1.54) is 5.57 Å². The van der Waals surface area contributed by atoms with Gasteiger partial charge < -0.3 is 5.43 Å². The summed E-state index contributed by atoms with van der Waals surface area (Å²) in [4.78, 5) is 0. The van der Waals surface area contributed by atoms with Crippen LogP contribution in [0.15, 0.2) is 47.7 Å². The van der Waals surface area contributed by atoms with Crippen molar-refractivity contribution in [2.75, 3.05) is 6.54 Å². The highest BCUT2D eigenvalue weighted by Crippen LogP contribution is 2.12. The molecular formula is C9H10N2. The van der Waals surface area contributed by atoms with Crippen molar-refractivity contribution >= 4 is 0 Å². The van der Waals surface area contributed by atoms with E-state index in [-0.39, 0.29) is 0 Å². The summed E-state index contributed by atoms with van der Waals surface area (Å²) in [7, 11) is 0. The smallest absolute Gasteiger partial charge is 0.0557 e. The van der Waals surface area contributed by atoms with Crippen LogP contribution in [0.1, 0.15) is 0 Å². The van der Waals surface area contributed by atoms with E-state index >= 15 is 0 Å². The van der Waals surface area contributed by atoms with Gasteiger partial charge in [0.05, 0.1) is 5.70 Å². The van der Waals surface area contributed by atoms with Gasteiger partial charge in [-0.2, -0.15) is 0 Å². The molecule has 2 heteroatoms. The predicted molar refractivity (Wildman–Crippen MR) is 45.6 cm³/mol. The zero-order valence-electron chi connectivity index (χ0n) is 6.17. The zero-order valence-corrected chi connectivity index (χ0v) is 6.17. The van der Waals surface area contributed by atoms with Gasteiger partial charge in [-0.05, 0) is 11.6 Å². The van der Waals surface area contributed by atoms with Gasteiger partial charge in [0.15, 0.2) is 0 Å². The van der Waals surface area contributed by atoms with Crippen LogP contribution in [0.2, 0.25) is 0 Å². The second kappa shape index (κ2) is 2.76. The molecule has 0 amide bonds. The molecule has 0 bridgehead atoms. The molecule has 0 atom stereocenters. The van der Waals surface area contributed by atoms with E-state index in [0.717, 1.165) is 12.2 Å². The lowest BCUT2D eigenvalue weighted by Gasteiger charge is -2.16. The van der Waals surface area contributed by atoms with E-state index in [1.807, 2.05) is 18.2 Å². The third kappa shape index (κ3) is 1.25. The Morgan fingerprint density at radius 1 is 1.18 bits per heavy atom. The van der Waals surface area contributed by atoms with Crippen LogP contribution in [0, 0.1) is 0 Å². The molecule has 56 valence electrons. The Hall–Kier alpha value is -1.28. The molecule has 2 aliphatic rings. The summed E-state index contributed by atoms with van der Waals surface area (Å²) in [6.45, 7) is 0.886. The molecule has 0 unspecified atom stereocenters. The van der Waals surface area contributed by atoms with Gasteiger partial charge in [0.1, 0.15) is 0 Å². The lowest BCUT2D eigenvalue weighted by Crippen LogP contribution is -2.35. The Morgan fingerprint density at radius 3 is 3.18 bits per heavy atom. The fourth-order valence-electron chi connectivity index (χ4n) is 1.16. The third-order valence-corrected chi connectivity index (χ3v) is 1.72. The lowest BCUT2D eigenvalue weighted by atomic mass is 10.1. The molecule has 11 heavy (non-hydrogen) atoms. The van der Waals surface area contributed by atoms with E-state index in [4.69, 9.17) is 0 Å². The van der Waals surface area contributed by atoms with Crippen LogP contribution < -0.4 is 10.9 Å². The van der Waals surface area contributed by atoms with Gasteiger partial charge in [0.25, 0.3) is 0 Å². The average Bonchev–Trinajstić information content (AvgIpc) is 2.28. The largest absolute Gasteiger partial charge is 0.321 e. The Balaban J connectivity index is 2.38. The maximum Gasteiger partial charge on any atom is 0.0557 e. The van der Waals surface area contributed by atoms with Crippen molar-refractivity contribution < 1.29 is 0 Å². The average molecular weight is 146 g/mol. The van der Waals surface area contributed by atoms with E-state index in [0.29, 0.717) is 0 Å². The molecule has 0 spiro atoms. The number of fused-ring (bicyclic) bond motifs is 1. The van der Waals surface area contributed by atoms with Crippen molar-refractivity contribution in [3.8, 4) is 0 Å². The van der Waals surface area contributed by atoms with Gasteiger partial charge in [-0.1, -0.05) is 30.4 Å². The first-order valence-electron chi connectivity index (χ1n) is 3.71. The Kier molecular flexibility index (Phi) is 1.61. The van der Waals surface area contributed by atoms with Gasteiger partial charge >= 0.3 is 0 Å². The van der Waals surface area contributed by atoms with E-state index in [1.54, 1.807) is 0 Å². The number of hydrogen-bond acceptors (Lipinski definition) is 2. The number of allylic oxidation sites excluding steroid dienone is 5. The molecule has 2 rings (SSSR count). The summed E-state index contributed by atoms with van der Waals surface area (Å²) in [6.07, 6.45) is 12.4. The molecule has 0 aromatic heterocycles. The maximum atomic E-state index is 3.10. The van der Waals surface area contributed by atoms with Gasteiger partial charge in [0.2, 0.25) is 0 Å². The summed E-state index contributed by atoms with van der Waals surface area (Å²) < 4.78 is 0. The molecule has 0 saturated heterocycles. The number of rotatable bonds is 0. The first kappa shape index (κ1) is 6.43. The molecule has 0 saturated carbocycles. The van der Waals surface area contributed by atoms with E-state index in [9.17, 15) is 0 Å². The van der Waals surface area contributed by atoms with Crippen LogP contribution in [0.3, 0.4) is 0 Å². The van der Waals surface area contributed by atoms with Crippen molar-refractivity contribution in [3.63, 3.8) is 0 Å². The molecule has 0 fully saturated rings. The van der Waals surface area contributed by atoms with Crippen LogP contribution in [-0.2, 0) is 0 Å². The second-order valence-electron chi connectivity index (χ2n) is 2.49. The van der Waals surface area contributed by atoms with Crippen molar-refractivity contribution in [2.45, 2.75) is 0 Å². The van der Waals surface area contributed by atoms with Gasteiger partial charge in [0, 0.05) is 6.54 Å². The summed E-state index contributed by atoms with van der Waals surface area (Å²) in [5, 5.41) is 0. The van der Waals surface area contributed by atoms with Gasteiger partial charge in [-0.15, -0.1) is 0 Å². The van der Waals surface area contributed by atoms with Crippen LogP contribution in [0.5, 0.6) is 0 Å². The highest BCUT2D eigenvalue weighted by molar-refractivity contribution is 5.45. The number of hydrazine groups is 1. The van der Waals surface area contributed by atoms with Gasteiger partial charge in [-0.3, -0.25) is 0 Å². The summed E-state index contributed by atoms with van der Waals surface area (Å²) in [5.41, 5.74) is 8.55. The normalized spacial score (nSPS) is 21.1. The maximum absolute atomic E-state index is 3.10. The molecule has 1 heterocycles. The summed E-state index contributed by atoms with van der Waals surface area (Å²) in [6, 6.07) is 0. The second-order valence-corrected chi connectivity index (χ2v) is 2.49. The summed E-state index contributed by atoms with van der Waals surface area (Å²) in [5.74, 6) is 0. The molecule has 1 aliphatic heterocycles. The highest BCUT2D eigenvalue weighted by atomic mass is 15.4. The molecule has 2 nitrogen and oxygen atoms in total. The lowest BCUT2D eigenvalue weighted by molar-refractivity contribution is 0.635. The summed E-state index contributed by atoms with van der Waals surface area (Å²) >= 11 is 0. The molecule has 0 aromatic carbocycles. The SMILES string of the molecule is C1=CC=C2NNCC=C2C=C1. The third-order valence-electron chi connectivity index (χ3n) is 1.72. The highest BCUT2D eigenvalue weighted by Gasteiger charge is 2.04. The van der Waals surface area contributed by atoms with Gasteiger partial charge in [-0.25, -0.2) is 5.43 Å². The van der Waals surface area contributed by atoms with Crippen molar-refractivity contribution in [3.05, 3.63) is 47.7 Å². The Morgan fingerprint density at radius 2 is 2.18 bits per heavy atom. The van der Waals surface area contributed by atoms with Crippen LogP contribution in [0.4, 0.5) is 0 Å². The fourth-order valence-corrected chi connectivity index (χ4v) is 1.16. The predicted octanol–water partition coefficient (Wildman–Crippen LogP) is 1.03. The molecule has 2 N–H and O–H groups in total. The molecule has 0 radical (unpaired) electrons. The minimum Gasteiger partial charge on any atom is -0.321 e. The van der Waals surface area contributed by atoms with Crippen molar-refractivity contribution in [1.29, 1.82) is 0 Å². The monoisotopic (exact) mass is 146 g/mol. The van der Waals surface area contributed by atoms with Crippen LogP contribution in [-0.4, -0.2) is 6.54 Å². The Labute approximate surface area is 66.0 Å². The van der Waals surface area contributed by atoms with Crippen LogP contribution in [0.25, 0.3) is 0 Å². The number of nitrogens with one attached hydrogen (secondary N) is 2. The first-order valence-corrected chi connectivity index (χ1v) is 3.71. The minimum atomic E-state index is 0.886. The standard InChI is InChI=1S/C9H10N2/c1-2-4-8-6-7-10-11-9(8)5-3-1/h1-6,10-11H,7H2. The zero-order chi connectivity index (χ0) is 7.52. The first-order chi connectivity index (χ1) is 5.47. The Bertz CT molecular complexity index is 269. The topological polar surface area (TPSA) is 24.1 Å². The van der Waals surface area contributed by atoms with E-state index in [2.05, 4.69) is 29.1 Å². The molecule has 0 aromatic rings. The van der Waals surface area contributed by atoms with E-state index < -0.39 is 0 Å².